The van der Waals surface area contributed by atoms with Crippen LogP contribution in [-0.2, 0) is 19.4 Å². The minimum Gasteiger partial charge on any atom is -0.454 e. The molecule has 2 aromatic heterocycles. The van der Waals surface area contributed by atoms with Crippen LogP contribution in [0.25, 0.3) is 0 Å². The number of aromatic nitrogens is 4. The van der Waals surface area contributed by atoms with Gasteiger partial charge in [0, 0.05) is 38.2 Å². The zero-order chi connectivity index (χ0) is 17.2. The van der Waals surface area contributed by atoms with E-state index in [0.29, 0.717) is 12.7 Å². The predicted octanol–water partition coefficient (Wildman–Crippen LogP) is 2.89. The third-order valence-electron chi connectivity index (χ3n) is 4.31. The monoisotopic (exact) mass is 340 g/mol. The molecule has 0 aliphatic carbocycles. The van der Waals surface area contributed by atoms with Gasteiger partial charge in [-0.2, -0.15) is 4.98 Å². The lowest BCUT2D eigenvalue weighted by Crippen LogP contribution is -2.11. The maximum absolute atomic E-state index is 5.46. The number of benzene rings is 1. The first-order valence-corrected chi connectivity index (χ1v) is 8.38. The van der Waals surface area contributed by atoms with E-state index in [0.717, 1.165) is 42.5 Å². The number of hydrogen-bond acceptors (Lipinski definition) is 6. The molecule has 0 saturated carbocycles. The topological polar surface area (TPSA) is 75.2 Å². The normalized spacial score (nSPS) is 14.0. The molecule has 3 aromatic rings. The fourth-order valence-corrected chi connectivity index (χ4v) is 3.12. The van der Waals surface area contributed by atoms with E-state index < -0.39 is 0 Å². The van der Waals surface area contributed by atoms with Gasteiger partial charge in [-0.15, -0.1) is 0 Å². The molecule has 1 atom stereocenters. The predicted molar refractivity (Wildman–Crippen MR) is 89.7 cm³/mol. The third kappa shape index (κ3) is 3.35. The Kier molecular flexibility index (Phi) is 4.13. The first-order chi connectivity index (χ1) is 12.2. The van der Waals surface area contributed by atoms with Crippen molar-refractivity contribution in [2.75, 3.05) is 6.79 Å². The van der Waals surface area contributed by atoms with E-state index in [1.807, 2.05) is 24.5 Å². The van der Waals surface area contributed by atoms with Gasteiger partial charge < -0.3 is 18.6 Å². The maximum atomic E-state index is 5.46. The highest BCUT2D eigenvalue weighted by molar-refractivity contribution is 5.44. The van der Waals surface area contributed by atoms with E-state index in [-0.39, 0.29) is 5.92 Å². The Morgan fingerprint density at radius 3 is 2.96 bits per heavy atom. The molecular formula is C18H20N4O3. The standard InChI is InChI=1S/C18H20N4O3/c1-12(9-14-3-4-15-16(10-14)24-11-23-15)18-19-6-8-22(18)7-5-17-20-13(2)25-21-17/h3-4,6,8,10,12H,5,7,9,11H2,1-2H3/t12-/m1/s1. The lowest BCUT2D eigenvalue weighted by molar-refractivity contribution is 0.174. The Morgan fingerprint density at radius 1 is 1.24 bits per heavy atom. The van der Waals surface area contributed by atoms with E-state index in [4.69, 9.17) is 14.0 Å². The first kappa shape index (κ1) is 15.7. The van der Waals surface area contributed by atoms with Crippen molar-refractivity contribution in [2.45, 2.75) is 39.2 Å². The summed E-state index contributed by atoms with van der Waals surface area (Å²) in [6.45, 7) is 5.06. The molecule has 4 rings (SSSR count). The summed E-state index contributed by atoms with van der Waals surface area (Å²) in [6.07, 6.45) is 5.44. The van der Waals surface area contributed by atoms with Crippen LogP contribution in [0.2, 0.25) is 0 Å². The Labute approximate surface area is 145 Å². The van der Waals surface area contributed by atoms with E-state index in [9.17, 15) is 0 Å². The second-order valence-corrected chi connectivity index (χ2v) is 6.25. The Morgan fingerprint density at radius 2 is 2.12 bits per heavy atom. The highest BCUT2D eigenvalue weighted by Gasteiger charge is 2.17. The number of hydrogen-bond donors (Lipinski definition) is 0. The van der Waals surface area contributed by atoms with Crippen molar-refractivity contribution in [3.63, 3.8) is 0 Å². The van der Waals surface area contributed by atoms with E-state index in [1.54, 1.807) is 6.92 Å². The Hall–Kier alpha value is -2.83. The fraction of sp³-hybridized carbons (Fsp3) is 0.389. The lowest BCUT2D eigenvalue weighted by Gasteiger charge is -2.14. The lowest BCUT2D eigenvalue weighted by atomic mass is 10.00. The number of aryl methyl sites for hydroxylation is 3. The molecule has 1 aliphatic heterocycles. The van der Waals surface area contributed by atoms with Gasteiger partial charge in [-0.3, -0.25) is 0 Å². The third-order valence-corrected chi connectivity index (χ3v) is 4.31. The first-order valence-electron chi connectivity index (χ1n) is 8.38. The molecule has 0 spiro atoms. The molecule has 0 unspecified atom stereocenters. The maximum Gasteiger partial charge on any atom is 0.231 e. The molecule has 3 heterocycles. The summed E-state index contributed by atoms with van der Waals surface area (Å²) in [7, 11) is 0. The van der Waals surface area contributed by atoms with Gasteiger partial charge in [-0.1, -0.05) is 18.1 Å². The molecule has 0 fully saturated rings. The van der Waals surface area contributed by atoms with Gasteiger partial charge in [0.05, 0.1) is 0 Å². The second-order valence-electron chi connectivity index (χ2n) is 6.25. The van der Waals surface area contributed by atoms with Gasteiger partial charge in [0.15, 0.2) is 17.3 Å². The minimum atomic E-state index is 0.280. The number of rotatable bonds is 6. The molecule has 1 aliphatic rings. The molecule has 0 bridgehead atoms. The van der Waals surface area contributed by atoms with Crippen molar-refractivity contribution in [3.8, 4) is 11.5 Å². The average molecular weight is 340 g/mol. The molecule has 0 amide bonds. The molecule has 25 heavy (non-hydrogen) atoms. The van der Waals surface area contributed by atoms with Crippen molar-refractivity contribution in [1.29, 1.82) is 0 Å². The Balaban J connectivity index is 1.43. The Bertz CT molecular complexity index is 871. The molecule has 0 N–H and O–H groups in total. The minimum absolute atomic E-state index is 0.280. The quantitative estimate of drug-likeness (QED) is 0.687. The van der Waals surface area contributed by atoms with E-state index in [2.05, 4.69) is 32.7 Å². The molecule has 0 saturated heterocycles. The molecular weight excluding hydrogens is 320 g/mol. The highest BCUT2D eigenvalue weighted by Crippen LogP contribution is 2.33. The van der Waals surface area contributed by atoms with Crippen molar-refractivity contribution in [1.82, 2.24) is 19.7 Å². The summed E-state index contributed by atoms with van der Waals surface area (Å²) in [5, 5.41) is 3.95. The van der Waals surface area contributed by atoms with E-state index in [1.165, 1.54) is 5.56 Å². The van der Waals surface area contributed by atoms with Crippen LogP contribution < -0.4 is 9.47 Å². The van der Waals surface area contributed by atoms with Gasteiger partial charge >= 0.3 is 0 Å². The molecule has 7 nitrogen and oxygen atoms in total. The molecule has 0 radical (unpaired) electrons. The van der Waals surface area contributed by atoms with Crippen LogP contribution in [0.15, 0.2) is 35.1 Å². The highest BCUT2D eigenvalue weighted by atomic mass is 16.7. The summed E-state index contributed by atoms with van der Waals surface area (Å²) in [4.78, 5) is 8.79. The van der Waals surface area contributed by atoms with Crippen molar-refractivity contribution >= 4 is 0 Å². The SMILES string of the molecule is Cc1nc(CCn2ccnc2[C@H](C)Cc2ccc3c(c2)OCO3)no1. The molecule has 1 aromatic carbocycles. The molecule has 7 heteroatoms. The smallest absolute Gasteiger partial charge is 0.231 e. The van der Waals surface area contributed by atoms with Gasteiger partial charge in [0.1, 0.15) is 5.82 Å². The van der Waals surface area contributed by atoms with Gasteiger partial charge in [0.25, 0.3) is 0 Å². The van der Waals surface area contributed by atoms with Crippen LogP contribution in [0.3, 0.4) is 0 Å². The summed E-state index contributed by atoms with van der Waals surface area (Å²) < 4.78 is 18.0. The fourth-order valence-electron chi connectivity index (χ4n) is 3.12. The van der Waals surface area contributed by atoms with Crippen LogP contribution in [0.4, 0.5) is 0 Å². The van der Waals surface area contributed by atoms with Gasteiger partial charge in [0.2, 0.25) is 12.7 Å². The van der Waals surface area contributed by atoms with Crippen LogP contribution in [-0.4, -0.2) is 26.5 Å². The van der Waals surface area contributed by atoms with Gasteiger partial charge in [-0.05, 0) is 24.1 Å². The van der Waals surface area contributed by atoms with Crippen molar-refractivity contribution in [2.24, 2.45) is 0 Å². The number of ether oxygens (including phenoxy) is 2. The number of imidazole rings is 1. The van der Waals surface area contributed by atoms with Gasteiger partial charge in [-0.25, -0.2) is 4.98 Å². The van der Waals surface area contributed by atoms with Crippen molar-refractivity contribution < 1.29 is 14.0 Å². The summed E-state index contributed by atoms with van der Waals surface area (Å²) in [6, 6.07) is 6.10. The zero-order valence-electron chi connectivity index (χ0n) is 14.3. The molecule has 130 valence electrons. The van der Waals surface area contributed by atoms with Crippen LogP contribution in [0.5, 0.6) is 11.5 Å². The van der Waals surface area contributed by atoms with E-state index >= 15 is 0 Å². The van der Waals surface area contributed by atoms with Crippen LogP contribution in [0, 0.1) is 6.92 Å². The van der Waals surface area contributed by atoms with Crippen molar-refractivity contribution in [3.05, 3.63) is 53.7 Å². The average Bonchev–Trinajstić information content (AvgIpc) is 3.32. The van der Waals surface area contributed by atoms with Crippen LogP contribution in [0.1, 0.15) is 35.9 Å². The number of fused-ring (bicyclic) bond motifs is 1. The zero-order valence-corrected chi connectivity index (χ0v) is 14.3. The second kappa shape index (κ2) is 6.58. The number of nitrogens with zero attached hydrogens (tertiary/aromatic N) is 4. The van der Waals surface area contributed by atoms with Crippen LogP contribution >= 0.6 is 0 Å². The largest absolute Gasteiger partial charge is 0.454 e. The summed E-state index contributed by atoms with van der Waals surface area (Å²) in [5.74, 6) is 4.28. The summed E-state index contributed by atoms with van der Waals surface area (Å²) in [5.41, 5.74) is 1.21. The summed E-state index contributed by atoms with van der Waals surface area (Å²) >= 11 is 0.